The Labute approximate surface area is 85.1 Å². The first kappa shape index (κ1) is 10.1. The third kappa shape index (κ3) is 1.86. The SMILES string of the molecule is CC(=O)c1c(Br)ccc(C=O)c1C. The smallest absolute Gasteiger partial charge is 0.161 e. The van der Waals surface area contributed by atoms with Crippen molar-refractivity contribution in [3.63, 3.8) is 0 Å². The maximum absolute atomic E-state index is 11.2. The summed E-state index contributed by atoms with van der Waals surface area (Å²) in [5.74, 6) is -0.0342. The Morgan fingerprint density at radius 3 is 2.54 bits per heavy atom. The number of hydrogen-bond donors (Lipinski definition) is 0. The van der Waals surface area contributed by atoms with Gasteiger partial charge in [0, 0.05) is 15.6 Å². The van der Waals surface area contributed by atoms with Crippen LogP contribution in [0.25, 0.3) is 0 Å². The van der Waals surface area contributed by atoms with Crippen molar-refractivity contribution in [3.8, 4) is 0 Å². The predicted octanol–water partition coefficient (Wildman–Crippen LogP) is 2.77. The summed E-state index contributed by atoms with van der Waals surface area (Å²) in [4.78, 5) is 21.8. The number of hydrogen-bond acceptors (Lipinski definition) is 2. The third-order valence-electron chi connectivity index (χ3n) is 1.94. The van der Waals surface area contributed by atoms with Crippen molar-refractivity contribution in [1.29, 1.82) is 0 Å². The number of rotatable bonds is 2. The highest BCUT2D eigenvalue weighted by Gasteiger charge is 2.11. The monoisotopic (exact) mass is 240 g/mol. The zero-order valence-corrected chi connectivity index (χ0v) is 9.01. The normalized spacial score (nSPS) is 9.77. The van der Waals surface area contributed by atoms with Crippen LogP contribution in [0.3, 0.4) is 0 Å². The number of carbonyl (C=O) groups excluding carboxylic acids is 2. The fourth-order valence-corrected chi connectivity index (χ4v) is 1.96. The van der Waals surface area contributed by atoms with E-state index >= 15 is 0 Å². The lowest BCUT2D eigenvalue weighted by Crippen LogP contribution is -2.00. The van der Waals surface area contributed by atoms with Gasteiger partial charge >= 0.3 is 0 Å². The Morgan fingerprint density at radius 2 is 2.08 bits per heavy atom. The average molecular weight is 241 g/mol. The van der Waals surface area contributed by atoms with Gasteiger partial charge in [0.1, 0.15) is 6.29 Å². The molecule has 1 aromatic carbocycles. The summed E-state index contributed by atoms with van der Waals surface area (Å²) < 4.78 is 0.739. The molecule has 0 aromatic heterocycles. The number of Topliss-reactive ketones (excluding diaryl/α,β-unsaturated/α-hetero) is 1. The standard InChI is InChI=1S/C10H9BrO2/c1-6-8(5-12)3-4-9(11)10(6)7(2)13/h3-5H,1-2H3. The fourth-order valence-electron chi connectivity index (χ4n) is 1.25. The van der Waals surface area contributed by atoms with Crippen LogP contribution in [-0.4, -0.2) is 12.1 Å². The van der Waals surface area contributed by atoms with E-state index in [1.165, 1.54) is 6.92 Å². The molecule has 3 heteroatoms. The molecule has 0 aliphatic heterocycles. The summed E-state index contributed by atoms with van der Waals surface area (Å²) >= 11 is 3.27. The number of halogens is 1. The van der Waals surface area contributed by atoms with Crippen molar-refractivity contribution in [2.75, 3.05) is 0 Å². The van der Waals surface area contributed by atoms with Crippen molar-refractivity contribution in [2.24, 2.45) is 0 Å². The lowest BCUT2D eigenvalue weighted by Gasteiger charge is -2.06. The van der Waals surface area contributed by atoms with E-state index in [-0.39, 0.29) is 5.78 Å². The molecule has 0 aliphatic rings. The second-order valence-electron chi connectivity index (χ2n) is 2.81. The van der Waals surface area contributed by atoms with Crippen molar-refractivity contribution in [3.05, 3.63) is 33.3 Å². The lowest BCUT2D eigenvalue weighted by atomic mass is 10.0. The van der Waals surface area contributed by atoms with E-state index in [1.54, 1.807) is 19.1 Å². The van der Waals surface area contributed by atoms with E-state index < -0.39 is 0 Å². The molecule has 1 rings (SSSR count). The molecule has 0 atom stereocenters. The van der Waals surface area contributed by atoms with Crippen molar-refractivity contribution in [1.82, 2.24) is 0 Å². The Morgan fingerprint density at radius 1 is 1.46 bits per heavy atom. The highest BCUT2D eigenvalue weighted by molar-refractivity contribution is 9.10. The summed E-state index contributed by atoms with van der Waals surface area (Å²) in [7, 11) is 0. The van der Waals surface area contributed by atoms with E-state index in [9.17, 15) is 9.59 Å². The molecule has 0 saturated heterocycles. The van der Waals surface area contributed by atoms with Gasteiger partial charge in [-0.2, -0.15) is 0 Å². The lowest BCUT2D eigenvalue weighted by molar-refractivity contribution is 0.101. The maximum Gasteiger partial charge on any atom is 0.161 e. The predicted molar refractivity (Wildman–Crippen MR) is 54.3 cm³/mol. The van der Waals surface area contributed by atoms with Crippen LogP contribution in [0, 0.1) is 6.92 Å². The van der Waals surface area contributed by atoms with E-state index in [4.69, 9.17) is 0 Å². The highest BCUT2D eigenvalue weighted by atomic mass is 79.9. The summed E-state index contributed by atoms with van der Waals surface area (Å²) in [5.41, 5.74) is 1.88. The van der Waals surface area contributed by atoms with Gasteiger partial charge in [-0.25, -0.2) is 0 Å². The number of carbonyl (C=O) groups is 2. The molecule has 13 heavy (non-hydrogen) atoms. The van der Waals surface area contributed by atoms with E-state index in [0.29, 0.717) is 11.1 Å². The van der Waals surface area contributed by atoms with Gasteiger partial charge in [0.15, 0.2) is 5.78 Å². The van der Waals surface area contributed by atoms with Gasteiger partial charge < -0.3 is 0 Å². The van der Waals surface area contributed by atoms with Crippen LogP contribution in [0.2, 0.25) is 0 Å². The molecule has 0 bridgehead atoms. The second-order valence-corrected chi connectivity index (χ2v) is 3.66. The quantitative estimate of drug-likeness (QED) is 0.589. The molecule has 0 spiro atoms. The molecule has 0 radical (unpaired) electrons. The minimum Gasteiger partial charge on any atom is -0.298 e. The zero-order chi connectivity index (χ0) is 10.0. The molecule has 0 saturated carbocycles. The van der Waals surface area contributed by atoms with Crippen LogP contribution in [0.15, 0.2) is 16.6 Å². The van der Waals surface area contributed by atoms with E-state index in [1.807, 2.05) is 0 Å². The minimum atomic E-state index is -0.0342. The molecule has 68 valence electrons. The number of benzene rings is 1. The largest absolute Gasteiger partial charge is 0.298 e. The fraction of sp³-hybridized carbons (Fsp3) is 0.200. The number of ketones is 1. The molecule has 0 N–H and O–H groups in total. The van der Waals surface area contributed by atoms with Crippen LogP contribution in [0.1, 0.15) is 33.2 Å². The molecule has 0 aliphatic carbocycles. The molecule has 0 heterocycles. The highest BCUT2D eigenvalue weighted by Crippen LogP contribution is 2.22. The Balaban J connectivity index is 3.47. The van der Waals surface area contributed by atoms with Crippen LogP contribution < -0.4 is 0 Å². The van der Waals surface area contributed by atoms with Gasteiger partial charge in [0.2, 0.25) is 0 Å². The molecular formula is C10H9BrO2. The molecule has 0 fully saturated rings. The number of aldehydes is 1. The average Bonchev–Trinajstić information content (AvgIpc) is 2.04. The van der Waals surface area contributed by atoms with Gasteiger partial charge in [-0.3, -0.25) is 9.59 Å². The second kappa shape index (κ2) is 3.83. The molecular weight excluding hydrogens is 232 g/mol. The zero-order valence-electron chi connectivity index (χ0n) is 7.43. The van der Waals surface area contributed by atoms with Gasteiger partial charge in [-0.1, -0.05) is 22.0 Å². The van der Waals surface area contributed by atoms with Crippen molar-refractivity contribution >= 4 is 28.0 Å². The molecule has 2 nitrogen and oxygen atoms in total. The minimum absolute atomic E-state index is 0.0342. The van der Waals surface area contributed by atoms with Crippen LogP contribution in [0.5, 0.6) is 0 Å². The summed E-state index contributed by atoms with van der Waals surface area (Å²) in [6, 6.07) is 3.41. The van der Waals surface area contributed by atoms with Crippen LogP contribution in [-0.2, 0) is 0 Å². The van der Waals surface area contributed by atoms with Crippen molar-refractivity contribution in [2.45, 2.75) is 13.8 Å². The first-order valence-electron chi connectivity index (χ1n) is 3.83. The summed E-state index contributed by atoms with van der Waals surface area (Å²) in [6.45, 7) is 3.26. The maximum atomic E-state index is 11.2. The molecule has 1 aromatic rings. The van der Waals surface area contributed by atoms with Gasteiger partial charge in [0.25, 0.3) is 0 Å². The van der Waals surface area contributed by atoms with Crippen LogP contribution in [0.4, 0.5) is 0 Å². The Kier molecular flexibility index (Phi) is 2.98. The van der Waals surface area contributed by atoms with E-state index in [0.717, 1.165) is 16.3 Å². The first-order chi connectivity index (χ1) is 6.07. The Hall–Kier alpha value is -0.960. The van der Waals surface area contributed by atoms with Gasteiger partial charge in [0.05, 0.1) is 0 Å². The Bertz CT molecular complexity index is 369. The summed E-state index contributed by atoms with van der Waals surface area (Å²) in [6.07, 6.45) is 0.758. The van der Waals surface area contributed by atoms with E-state index in [2.05, 4.69) is 15.9 Å². The topological polar surface area (TPSA) is 34.1 Å². The summed E-state index contributed by atoms with van der Waals surface area (Å²) in [5, 5.41) is 0. The molecule has 0 amide bonds. The van der Waals surface area contributed by atoms with Gasteiger partial charge in [-0.05, 0) is 25.5 Å². The molecule has 0 unspecified atom stereocenters. The first-order valence-corrected chi connectivity index (χ1v) is 4.62. The third-order valence-corrected chi connectivity index (χ3v) is 2.60. The van der Waals surface area contributed by atoms with Gasteiger partial charge in [-0.15, -0.1) is 0 Å². The van der Waals surface area contributed by atoms with Crippen LogP contribution >= 0.6 is 15.9 Å². The van der Waals surface area contributed by atoms with Crippen molar-refractivity contribution < 1.29 is 9.59 Å².